The minimum Gasteiger partial charge on any atom is -0.464 e. The molecule has 0 aliphatic carbocycles. The molecule has 0 saturated carbocycles. The summed E-state index contributed by atoms with van der Waals surface area (Å²) in [5.41, 5.74) is -0.246. The van der Waals surface area contributed by atoms with Gasteiger partial charge in [0.25, 0.3) is 0 Å². The van der Waals surface area contributed by atoms with Crippen LogP contribution in [0, 0.1) is 0 Å². The van der Waals surface area contributed by atoms with Crippen LogP contribution < -0.4 is 10.2 Å². The average molecular weight is 420 g/mol. The largest absolute Gasteiger partial charge is 0.464 e. The number of likely N-dealkylation sites (tertiary alicyclic amines) is 1. The molecule has 0 spiro atoms. The highest BCUT2D eigenvalue weighted by molar-refractivity contribution is 5.88. The molecule has 1 N–H and O–H groups in total. The quantitative estimate of drug-likeness (QED) is 0.744. The van der Waals surface area contributed by atoms with Crippen LogP contribution in [-0.2, 0) is 9.47 Å². The Morgan fingerprint density at radius 3 is 2.33 bits per heavy atom. The van der Waals surface area contributed by atoms with E-state index >= 15 is 0 Å². The van der Waals surface area contributed by atoms with Gasteiger partial charge in [-0.25, -0.2) is 14.6 Å². The number of methoxy groups -OCH3 is 1. The zero-order valence-electron chi connectivity index (χ0n) is 18.4. The highest BCUT2D eigenvalue weighted by atomic mass is 16.6. The molecule has 9 nitrogen and oxygen atoms in total. The zero-order valence-corrected chi connectivity index (χ0v) is 18.4. The van der Waals surface area contributed by atoms with E-state index < -0.39 is 11.6 Å². The smallest absolute Gasteiger partial charge is 0.410 e. The van der Waals surface area contributed by atoms with E-state index in [-0.39, 0.29) is 17.8 Å². The Balaban J connectivity index is 1.66. The van der Waals surface area contributed by atoms with Crippen LogP contribution in [0.5, 0.6) is 0 Å². The Hall–Kier alpha value is -2.58. The van der Waals surface area contributed by atoms with Gasteiger partial charge in [0.15, 0.2) is 5.69 Å². The van der Waals surface area contributed by atoms with Crippen molar-refractivity contribution < 1.29 is 19.1 Å². The highest BCUT2D eigenvalue weighted by Crippen LogP contribution is 2.22. The average Bonchev–Trinajstić information content (AvgIpc) is 2.73. The van der Waals surface area contributed by atoms with E-state index in [9.17, 15) is 9.59 Å². The van der Waals surface area contributed by atoms with E-state index in [0.717, 1.165) is 38.8 Å². The van der Waals surface area contributed by atoms with Crippen LogP contribution in [0.1, 0.15) is 63.4 Å². The Kier molecular flexibility index (Phi) is 6.99. The van der Waals surface area contributed by atoms with Crippen LogP contribution in [-0.4, -0.2) is 71.9 Å². The number of carbonyl (C=O) groups excluding carboxylic acids is 2. The van der Waals surface area contributed by atoms with Crippen LogP contribution >= 0.6 is 0 Å². The van der Waals surface area contributed by atoms with Crippen molar-refractivity contribution in [3.8, 4) is 0 Å². The fraction of sp³-hybridized carbons (Fsp3) is 0.714. The van der Waals surface area contributed by atoms with Crippen molar-refractivity contribution >= 4 is 23.8 Å². The van der Waals surface area contributed by atoms with E-state index in [2.05, 4.69) is 20.2 Å². The summed E-state index contributed by atoms with van der Waals surface area (Å²) in [6.45, 7) is 8.60. The van der Waals surface area contributed by atoms with Gasteiger partial charge in [-0.15, -0.1) is 0 Å². The van der Waals surface area contributed by atoms with Gasteiger partial charge in [-0.05, 0) is 52.9 Å². The Labute approximate surface area is 178 Å². The molecule has 2 aliphatic rings. The van der Waals surface area contributed by atoms with Crippen molar-refractivity contribution in [1.82, 2.24) is 14.9 Å². The molecule has 0 atom stereocenters. The Morgan fingerprint density at radius 1 is 1.07 bits per heavy atom. The molecule has 1 amide bonds. The molecule has 166 valence electrons. The number of rotatable bonds is 4. The fourth-order valence-corrected chi connectivity index (χ4v) is 3.69. The standard InChI is InChI=1S/C21H33N5O4/c1-21(2,3)30-20(28)26-12-8-15(9-13-26)22-17-14-16(18(27)29-4)23-19(24-17)25-10-6-5-7-11-25/h14-15H,5-13H2,1-4H3,(H,22,23,24). The summed E-state index contributed by atoms with van der Waals surface area (Å²) in [5.74, 6) is 0.700. The minimum atomic E-state index is -0.498. The van der Waals surface area contributed by atoms with Crippen molar-refractivity contribution in [1.29, 1.82) is 0 Å². The molecule has 2 saturated heterocycles. The normalized spacial score (nSPS) is 18.1. The summed E-state index contributed by atoms with van der Waals surface area (Å²) in [6.07, 6.45) is 4.67. The maximum Gasteiger partial charge on any atom is 0.410 e. The maximum atomic E-state index is 12.3. The van der Waals surface area contributed by atoms with E-state index in [1.54, 1.807) is 11.0 Å². The van der Waals surface area contributed by atoms with Crippen molar-refractivity contribution in [3.63, 3.8) is 0 Å². The SMILES string of the molecule is COC(=O)c1cc(NC2CCN(C(=O)OC(C)(C)C)CC2)nc(N2CCCCC2)n1. The number of nitrogens with zero attached hydrogens (tertiary/aromatic N) is 4. The Bertz CT molecular complexity index is 750. The van der Waals surface area contributed by atoms with Crippen molar-refractivity contribution in [3.05, 3.63) is 11.8 Å². The topological polar surface area (TPSA) is 96.9 Å². The van der Waals surface area contributed by atoms with Gasteiger partial charge < -0.3 is 24.6 Å². The number of anilines is 2. The molecule has 2 fully saturated rings. The summed E-state index contributed by atoms with van der Waals surface area (Å²) in [4.78, 5) is 37.3. The third-order valence-corrected chi connectivity index (χ3v) is 5.25. The van der Waals surface area contributed by atoms with Gasteiger partial charge in [-0.3, -0.25) is 0 Å². The van der Waals surface area contributed by atoms with Gasteiger partial charge in [-0.1, -0.05) is 0 Å². The van der Waals surface area contributed by atoms with Gasteiger partial charge in [0, 0.05) is 38.3 Å². The fourth-order valence-electron chi connectivity index (χ4n) is 3.69. The minimum absolute atomic E-state index is 0.151. The molecule has 3 rings (SSSR count). The lowest BCUT2D eigenvalue weighted by Crippen LogP contribution is -2.44. The molecule has 2 aliphatic heterocycles. The molecular formula is C21H33N5O4. The summed E-state index contributed by atoms with van der Waals surface area (Å²) in [6, 6.07) is 1.79. The predicted molar refractivity (Wildman–Crippen MR) is 114 cm³/mol. The molecule has 30 heavy (non-hydrogen) atoms. The van der Waals surface area contributed by atoms with Crippen molar-refractivity contribution in [2.45, 2.75) is 64.5 Å². The summed E-state index contributed by atoms with van der Waals surface area (Å²) < 4.78 is 10.3. The Morgan fingerprint density at radius 2 is 1.73 bits per heavy atom. The molecule has 0 aromatic carbocycles. The number of hydrogen-bond acceptors (Lipinski definition) is 8. The molecule has 0 bridgehead atoms. The lowest BCUT2D eigenvalue weighted by molar-refractivity contribution is 0.0210. The first-order valence-corrected chi connectivity index (χ1v) is 10.7. The summed E-state index contributed by atoms with van der Waals surface area (Å²) in [5, 5.41) is 3.42. The second-order valence-electron chi connectivity index (χ2n) is 8.86. The van der Waals surface area contributed by atoms with Crippen LogP contribution in [0.4, 0.5) is 16.6 Å². The van der Waals surface area contributed by atoms with E-state index in [4.69, 9.17) is 9.47 Å². The molecule has 3 heterocycles. The number of carbonyl (C=O) groups is 2. The first kappa shape index (κ1) is 22.1. The van der Waals surface area contributed by atoms with Crippen LogP contribution in [0.15, 0.2) is 6.07 Å². The van der Waals surface area contributed by atoms with Crippen molar-refractivity contribution in [2.24, 2.45) is 0 Å². The number of piperidine rings is 2. The number of esters is 1. The highest BCUT2D eigenvalue weighted by Gasteiger charge is 2.27. The number of amides is 1. The van der Waals surface area contributed by atoms with Crippen molar-refractivity contribution in [2.75, 3.05) is 43.5 Å². The van der Waals surface area contributed by atoms with E-state index in [1.165, 1.54) is 13.5 Å². The number of nitrogens with one attached hydrogen (secondary N) is 1. The van der Waals surface area contributed by atoms with Gasteiger partial charge in [0.1, 0.15) is 11.4 Å². The van der Waals surface area contributed by atoms with Gasteiger partial charge in [-0.2, -0.15) is 4.98 Å². The molecular weight excluding hydrogens is 386 g/mol. The summed E-state index contributed by atoms with van der Waals surface area (Å²) in [7, 11) is 1.35. The number of ether oxygens (including phenoxy) is 2. The van der Waals surface area contributed by atoms with Crippen LogP contribution in [0.3, 0.4) is 0 Å². The predicted octanol–water partition coefficient (Wildman–Crippen LogP) is 3.06. The monoisotopic (exact) mass is 419 g/mol. The lowest BCUT2D eigenvalue weighted by Gasteiger charge is -2.34. The first-order valence-electron chi connectivity index (χ1n) is 10.7. The van der Waals surface area contributed by atoms with E-state index in [1.807, 2.05) is 20.8 Å². The van der Waals surface area contributed by atoms with Crippen LogP contribution in [0.25, 0.3) is 0 Å². The summed E-state index contributed by atoms with van der Waals surface area (Å²) >= 11 is 0. The molecule has 0 unspecified atom stereocenters. The number of aromatic nitrogens is 2. The van der Waals surface area contributed by atoms with Gasteiger partial charge >= 0.3 is 12.1 Å². The maximum absolute atomic E-state index is 12.3. The first-order chi connectivity index (χ1) is 14.2. The van der Waals surface area contributed by atoms with Gasteiger partial charge in [0.2, 0.25) is 5.95 Å². The van der Waals surface area contributed by atoms with E-state index in [0.29, 0.717) is 24.9 Å². The van der Waals surface area contributed by atoms with Gasteiger partial charge in [0.05, 0.1) is 7.11 Å². The number of hydrogen-bond donors (Lipinski definition) is 1. The molecule has 0 radical (unpaired) electrons. The molecule has 9 heteroatoms. The third-order valence-electron chi connectivity index (χ3n) is 5.25. The lowest BCUT2D eigenvalue weighted by atomic mass is 10.1. The third kappa shape index (κ3) is 5.96. The molecule has 1 aromatic heterocycles. The second-order valence-corrected chi connectivity index (χ2v) is 8.86. The second kappa shape index (κ2) is 9.49. The zero-order chi connectivity index (χ0) is 21.7. The molecule has 1 aromatic rings. The van der Waals surface area contributed by atoms with Crippen LogP contribution in [0.2, 0.25) is 0 Å².